The van der Waals surface area contributed by atoms with Gasteiger partial charge >= 0.3 is 0 Å². The average molecular weight is 294 g/mol. The normalized spacial score (nSPS) is 25.6. The van der Waals surface area contributed by atoms with Crippen molar-refractivity contribution in [3.05, 3.63) is 29.6 Å². The summed E-state index contributed by atoms with van der Waals surface area (Å²) in [6.45, 7) is 4.53. The minimum absolute atomic E-state index is 0.102. The molecule has 0 radical (unpaired) electrons. The molecule has 1 aliphatic rings. The van der Waals surface area contributed by atoms with Gasteiger partial charge in [-0.05, 0) is 25.5 Å². The van der Waals surface area contributed by atoms with E-state index in [-0.39, 0.29) is 25.5 Å². The van der Waals surface area contributed by atoms with E-state index in [0.717, 1.165) is 11.3 Å². The van der Waals surface area contributed by atoms with Crippen molar-refractivity contribution in [3.63, 3.8) is 0 Å². The molecule has 2 rings (SSSR count). The molecule has 0 aromatic carbocycles. The van der Waals surface area contributed by atoms with Crippen molar-refractivity contribution in [1.29, 1.82) is 0 Å². The second kappa shape index (κ2) is 6.98. The average Bonchev–Trinajstić information content (AvgIpc) is 2.47. The molecule has 1 saturated heterocycles. The predicted molar refractivity (Wildman–Crippen MR) is 76.7 cm³/mol. The molecular formula is C15H22N2O4. The minimum atomic E-state index is -0.973. The van der Waals surface area contributed by atoms with E-state index in [1.54, 1.807) is 11.1 Å². The number of ether oxygens (including phenoxy) is 1. The quantitative estimate of drug-likeness (QED) is 0.810. The second-order valence-electron chi connectivity index (χ2n) is 5.33. The molecule has 1 aromatic heterocycles. The van der Waals surface area contributed by atoms with Crippen LogP contribution in [-0.2, 0) is 16.0 Å². The van der Waals surface area contributed by atoms with Gasteiger partial charge in [0.2, 0.25) is 5.91 Å². The Morgan fingerprint density at radius 1 is 1.43 bits per heavy atom. The van der Waals surface area contributed by atoms with Crippen LogP contribution in [0.4, 0.5) is 0 Å². The molecule has 0 bridgehead atoms. The lowest BCUT2D eigenvalue weighted by atomic mass is 10.0. The molecule has 1 amide bonds. The van der Waals surface area contributed by atoms with Crippen LogP contribution >= 0.6 is 0 Å². The zero-order valence-corrected chi connectivity index (χ0v) is 12.4. The molecule has 1 aromatic rings. The standard InChI is InChI=1S/C15H22N2O4/c1-3-17(12-8-21-9-13(18)15(12)20)14(19)6-11-5-4-10(2)16-7-11/h4-5,7,12-13,15,18,20H,3,6,8-9H2,1-2H3/t12-,13-,15+/m1/s1. The Labute approximate surface area is 124 Å². The predicted octanol–water partition coefficient (Wildman–Crippen LogP) is -0.0984. The summed E-state index contributed by atoms with van der Waals surface area (Å²) < 4.78 is 5.25. The zero-order chi connectivity index (χ0) is 15.4. The van der Waals surface area contributed by atoms with Crippen LogP contribution in [0.1, 0.15) is 18.2 Å². The van der Waals surface area contributed by atoms with Crippen LogP contribution in [0.25, 0.3) is 0 Å². The lowest BCUT2D eigenvalue weighted by Gasteiger charge is -2.39. The number of hydrogen-bond donors (Lipinski definition) is 2. The van der Waals surface area contributed by atoms with E-state index < -0.39 is 18.2 Å². The molecule has 2 heterocycles. The maximum Gasteiger partial charge on any atom is 0.227 e. The van der Waals surface area contributed by atoms with Crippen LogP contribution in [-0.4, -0.2) is 64.0 Å². The van der Waals surface area contributed by atoms with Gasteiger partial charge in [-0.15, -0.1) is 0 Å². The summed E-state index contributed by atoms with van der Waals surface area (Å²) in [5, 5.41) is 19.7. The van der Waals surface area contributed by atoms with E-state index in [4.69, 9.17) is 4.74 Å². The van der Waals surface area contributed by atoms with Crippen molar-refractivity contribution in [2.75, 3.05) is 19.8 Å². The molecule has 6 nitrogen and oxygen atoms in total. The van der Waals surface area contributed by atoms with Crippen molar-refractivity contribution < 1.29 is 19.7 Å². The molecule has 6 heteroatoms. The minimum Gasteiger partial charge on any atom is -0.388 e. The number of nitrogens with zero attached hydrogens (tertiary/aromatic N) is 2. The van der Waals surface area contributed by atoms with E-state index in [1.165, 1.54) is 0 Å². The zero-order valence-electron chi connectivity index (χ0n) is 12.4. The van der Waals surface area contributed by atoms with Gasteiger partial charge in [0.1, 0.15) is 12.2 Å². The highest BCUT2D eigenvalue weighted by atomic mass is 16.5. The van der Waals surface area contributed by atoms with Crippen molar-refractivity contribution in [1.82, 2.24) is 9.88 Å². The van der Waals surface area contributed by atoms with Crippen molar-refractivity contribution in [2.24, 2.45) is 0 Å². The third-order valence-electron chi connectivity index (χ3n) is 3.76. The van der Waals surface area contributed by atoms with Crippen LogP contribution in [0.15, 0.2) is 18.3 Å². The summed E-state index contributed by atoms with van der Waals surface area (Å²) in [6, 6.07) is 3.22. The third-order valence-corrected chi connectivity index (χ3v) is 3.76. The van der Waals surface area contributed by atoms with Crippen LogP contribution in [0.5, 0.6) is 0 Å². The Balaban J connectivity index is 2.05. The summed E-state index contributed by atoms with van der Waals surface area (Å²) in [5.41, 5.74) is 1.73. The Hall–Kier alpha value is -1.50. The van der Waals surface area contributed by atoms with Gasteiger partial charge in [0.15, 0.2) is 0 Å². The topological polar surface area (TPSA) is 82.9 Å². The Kier molecular flexibility index (Phi) is 5.27. The molecule has 0 spiro atoms. The van der Waals surface area contributed by atoms with E-state index in [2.05, 4.69) is 4.98 Å². The molecule has 0 unspecified atom stereocenters. The first-order valence-corrected chi connectivity index (χ1v) is 7.17. The largest absolute Gasteiger partial charge is 0.388 e. The lowest BCUT2D eigenvalue weighted by molar-refractivity contribution is -0.155. The maximum absolute atomic E-state index is 12.4. The first kappa shape index (κ1) is 15.9. The third kappa shape index (κ3) is 3.78. The molecule has 1 aliphatic heterocycles. The van der Waals surface area contributed by atoms with Gasteiger partial charge in [-0.2, -0.15) is 0 Å². The van der Waals surface area contributed by atoms with Crippen LogP contribution in [0, 0.1) is 6.92 Å². The molecule has 21 heavy (non-hydrogen) atoms. The summed E-state index contributed by atoms with van der Waals surface area (Å²) in [4.78, 5) is 18.2. The highest BCUT2D eigenvalue weighted by Crippen LogP contribution is 2.16. The van der Waals surface area contributed by atoms with Crippen LogP contribution in [0.3, 0.4) is 0 Å². The monoisotopic (exact) mass is 294 g/mol. The molecule has 0 saturated carbocycles. The number of aromatic nitrogens is 1. The molecule has 116 valence electrons. The van der Waals surface area contributed by atoms with Crippen LogP contribution in [0.2, 0.25) is 0 Å². The van der Waals surface area contributed by atoms with Crippen molar-refractivity contribution in [2.45, 2.75) is 38.5 Å². The summed E-state index contributed by atoms with van der Waals surface area (Å²) in [7, 11) is 0. The molecule has 0 aliphatic carbocycles. The Bertz CT molecular complexity index is 477. The highest BCUT2D eigenvalue weighted by molar-refractivity contribution is 5.79. The number of pyridine rings is 1. The molecule has 1 fully saturated rings. The molecular weight excluding hydrogens is 272 g/mol. The van der Waals surface area contributed by atoms with E-state index in [1.807, 2.05) is 26.0 Å². The van der Waals surface area contributed by atoms with Gasteiger partial charge in [0.05, 0.1) is 25.7 Å². The van der Waals surface area contributed by atoms with Gasteiger partial charge in [0.25, 0.3) is 0 Å². The van der Waals surface area contributed by atoms with E-state index >= 15 is 0 Å². The number of rotatable bonds is 4. The van der Waals surface area contributed by atoms with Crippen molar-refractivity contribution >= 4 is 5.91 Å². The molecule has 2 N–H and O–H groups in total. The SMILES string of the molecule is CCN(C(=O)Cc1ccc(C)nc1)[C@@H]1COC[C@@H](O)[C@H]1O. The number of aliphatic hydroxyl groups is 2. The van der Waals surface area contributed by atoms with Crippen LogP contribution < -0.4 is 0 Å². The van der Waals surface area contributed by atoms with Crippen molar-refractivity contribution in [3.8, 4) is 0 Å². The molecule has 3 atom stereocenters. The Morgan fingerprint density at radius 2 is 2.19 bits per heavy atom. The maximum atomic E-state index is 12.4. The van der Waals surface area contributed by atoms with Gasteiger partial charge in [-0.3, -0.25) is 9.78 Å². The first-order chi connectivity index (χ1) is 10.0. The number of aryl methyl sites for hydroxylation is 1. The summed E-state index contributed by atoms with van der Waals surface area (Å²) >= 11 is 0. The Morgan fingerprint density at radius 3 is 2.81 bits per heavy atom. The number of amides is 1. The number of aliphatic hydroxyl groups excluding tert-OH is 2. The summed E-state index contributed by atoms with van der Waals surface area (Å²) in [6.07, 6.45) is -0.0186. The second-order valence-corrected chi connectivity index (χ2v) is 5.33. The van der Waals surface area contributed by atoms with Gasteiger partial charge < -0.3 is 19.8 Å². The number of carbonyl (C=O) groups is 1. The van der Waals surface area contributed by atoms with E-state index in [0.29, 0.717) is 6.54 Å². The fourth-order valence-electron chi connectivity index (χ4n) is 2.51. The van der Waals surface area contributed by atoms with E-state index in [9.17, 15) is 15.0 Å². The van der Waals surface area contributed by atoms with Gasteiger partial charge in [-0.1, -0.05) is 6.07 Å². The first-order valence-electron chi connectivity index (χ1n) is 7.17. The number of carbonyl (C=O) groups excluding carboxylic acids is 1. The number of likely N-dealkylation sites (N-methyl/N-ethyl adjacent to an activating group) is 1. The smallest absolute Gasteiger partial charge is 0.227 e. The lowest BCUT2D eigenvalue weighted by Crippen LogP contribution is -2.57. The number of hydrogen-bond acceptors (Lipinski definition) is 5. The highest BCUT2D eigenvalue weighted by Gasteiger charge is 2.36. The van der Waals surface area contributed by atoms with Gasteiger partial charge in [-0.25, -0.2) is 0 Å². The summed E-state index contributed by atoms with van der Waals surface area (Å²) in [5.74, 6) is -0.107. The van der Waals surface area contributed by atoms with Gasteiger partial charge in [0, 0.05) is 18.4 Å². The fraction of sp³-hybridized carbons (Fsp3) is 0.600. The fourth-order valence-corrected chi connectivity index (χ4v) is 2.51.